The monoisotopic (exact) mass is 372 g/mol. The molecule has 116 valence electrons. The molecule has 0 atom stereocenters. The second-order valence-electron chi connectivity index (χ2n) is 4.77. The fourth-order valence-corrected chi connectivity index (χ4v) is 2.13. The Kier molecular flexibility index (Phi) is 4.38. The maximum absolute atomic E-state index is 12.1. The molecule has 0 aliphatic carbocycles. The molecule has 23 heavy (non-hydrogen) atoms. The number of aryl methyl sites for hydroxylation is 1. The number of rotatable bonds is 4. The molecule has 1 N–H and O–H groups in total. The number of pyridine rings is 1. The highest BCUT2D eigenvalue weighted by atomic mass is 79.9. The van der Waals surface area contributed by atoms with E-state index in [1.54, 1.807) is 36.1 Å². The SMILES string of the molecule is Cn1ccc(NC(=O)c2ccc(Oc3ccc(Br)cc3)nc2)n1. The Labute approximate surface area is 141 Å². The standard InChI is InChI=1S/C16H13BrN4O2/c1-21-9-8-14(20-21)19-16(22)11-2-7-15(18-10-11)23-13-5-3-12(17)4-6-13/h2-10H,1H3,(H,19,20,22). The van der Waals surface area contributed by atoms with Crippen molar-refractivity contribution in [1.29, 1.82) is 0 Å². The number of hydrogen-bond acceptors (Lipinski definition) is 4. The van der Waals surface area contributed by atoms with Crippen molar-refractivity contribution in [2.24, 2.45) is 7.05 Å². The third kappa shape index (κ3) is 3.95. The van der Waals surface area contributed by atoms with E-state index in [4.69, 9.17) is 4.74 Å². The van der Waals surface area contributed by atoms with Gasteiger partial charge in [0.15, 0.2) is 5.82 Å². The van der Waals surface area contributed by atoms with Gasteiger partial charge in [0, 0.05) is 36.0 Å². The summed E-state index contributed by atoms with van der Waals surface area (Å²) in [6.07, 6.45) is 3.22. The summed E-state index contributed by atoms with van der Waals surface area (Å²) in [7, 11) is 1.78. The molecule has 1 aromatic carbocycles. The lowest BCUT2D eigenvalue weighted by molar-refractivity contribution is 0.102. The molecule has 0 unspecified atom stereocenters. The molecule has 0 aliphatic heterocycles. The highest BCUT2D eigenvalue weighted by Gasteiger charge is 2.09. The Morgan fingerprint density at radius 3 is 2.57 bits per heavy atom. The molecule has 7 heteroatoms. The lowest BCUT2D eigenvalue weighted by Gasteiger charge is -2.06. The molecular formula is C16H13BrN4O2. The predicted molar refractivity (Wildman–Crippen MR) is 89.6 cm³/mol. The number of aromatic nitrogens is 3. The van der Waals surface area contributed by atoms with Crippen molar-refractivity contribution in [2.75, 3.05) is 5.32 Å². The van der Waals surface area contributed by atoms with Crippen LogP contribution < -0.4 is 10.1 Å². The van der Waals surface area contributed by atoms with E-state index in [9.17, 15) is 4.79 Å². The van der Waals surface area contributed by atoms with Gasteiger partial charge in [0.2, 0.25) is 5.88 Å². The number of nitrogens with zero attached hydrogens (tertiary/aromatic N) is 3. The Bertz CT molecular complexity index is 813. The van der Waals surface area contributed by atoms with Crippen LogP contribution in [-0.2, 0) is 7.05 Å². The van der Waals surface area contributed by atoms with E-state index in [0.717, 1.165) is 4.47 Å². The molecule has 0 fully saturated rings. The van der Waals surface area contributed by atoms with Gasteiger partial charge in [-0.2, -0.15) is 5.10 Å². The summed E-state index contributed by atoms with van der Waals surface area (Å²) in [4.78, 5) is 16.2. The van der Waals surface area contributed by atoms with Crippen molar-refractivity contribution in [3.05, 3.63) is 64.9 Å². The average molecular weight is 373 g/mol. The third-order valence-electron chi connectivity index (χ3n) is 2.99. The van der Waals surface area contributed by atoms with Crippen LogP contribution in [0.25, 0.3) is 0 Å². The van der Waals surface area contributed by atoms with Crippen molar-refractivity contribution >= 4 is 27.7 Å². The van der Waals surface area contributed by atoms with Gasteiger partial charge in [-0.3, -0.25) is 9.48 Å². The van der Waals surface area contributed by atoms with Crippen molar-refractivity contribution < 1.29 is 9.53 Å². The second kappa shape index (κ2) is 6.62. The number of carbonyl (C=O) groups excluding carboxylic acids is 1. The molecule has 0 radical (unpaired) electrons. The molecule has 3 aromatic rings. The fraction of sp³-hybridized carbons (Fsp3) is 0.0625. The molecule has 0 spiro atoms. The van der Waals surface area contributed by atoms with E-state index in [2.05, 4.69) is 31.3 Å². The molecule has 3 rings (SSSR count). The number of amides is 1. The number of halogens is 1. The first-order chi connectivity index (χ1) is 11.1. The van der Waals surface area contributed by atoms with Crippen LogP contribution in [0.1, 0.15) is 10.4 Å². The van der Waals surface area contributed by atoms with Gasteiger partial charge in [0.1, 0.15) is 5.75 Å². The predicted octanol–water partition coefficient (Wildman–Crippen LogP) is 3.62. The Balaban J connectivity index is 1.66. The van der Waals surface area contributed by atoms with Crippen LogP contribution in [0.5, 0.6) is 11.6 Å². The largest absolute Gasteiger partial charge is 0.439 e. The summed E-state index contributed by atoms with van der Waals surface area (Å²) in [5.74, 6) is 1.31. The van der Waals surface area contributed by atoms with Crippen LogP contribution in [0.4, 0.5) is 5.82 Å². The highest BCUT2D eigenvalue weighted by molar-refractivity contribution is 9.10. The van der Waals surface area contributed by atoms with Crippen molar-refractivity contribution in [3.63, 3.8) is 0 Å². The molecule has 0 saturated carbocycles. The Morgan fingerprint density at radius 2 is 1.96 bits per heavy atom. The van der Waals surface area contributed by atoms with E-state index in [1.165, 1.54) is 6.20 Å². The average Bonchev–Trinajstić information content (AvgIpc) is 2.95. The van der Waals surface area contributed by atoms with Crippen LogP contribution >= 0.6 is 15.9 Å². The van der Waals surface area contributed by atoms with Gasteiger partial charge < -0.3 is 10.1 Å². The Morgan fingerprint density at radius 1 is 1.17 bits per heavy atom. The zero-order chi connectivity index (χ0) is 16.2. The number of ether oxygens (including phenoxy) is 1. The van der Waals surface area contributed by atoms with Gasteiger partial charge in [-0.1, -0.05) is 15.9 Å². The molecule has 6 nitrogen and oxygen atoms in total. The van der Waals surface area contributed by atoms with Crippen LogP contribution in [0, 0.1) is 0 Å². The summed E-state index contributed by atoms with van der Waals surface area (Å²) in [5, 5.41) is 6.79. The van der Waals surface area contributed by atoms with E-state index in [0.29, 0.717) is 23.0 Å². The normalized spacial score (nSPS) is 10.3. The van der Waals surface area contributed by atoms with E-state index in [-0.39, 0.29) is 5.91 Å². The zero-order valence-corrected chi connectivity index (χ0v) is 13.8. The first kappa shape index (κ1) is 15.2. The van der Waals surface area contributed by atoms with Crippen LogP contribution in [0.2, 0.25) is 0 Å². The third-order valence-corrected chi connectivity index (χ3v) is 3.52. The molecule has 2 aromatic heterocycles. The molecule has 0 aliphatic rings. The number of hydrogen-bond donors (Lipinski definition) is 1. The van der Waals surface area contributed by atoms with Gasteiger partial charge in [-0.05, 0) is 30.3 Å². The van der Waals surface area contributed by atoms with E-state index < -0.39 is 0 Å². The first-order valence-electron chi connectivity index (χ1n) is 6.80. The minimum atomic E-state index is -0.272. The van der Waals surface area contributed by atoms with Gasteiger partial charge in [0.05, 0.1) is 5.56 Å². The van der Waals surface area contributed by atoms with Crippen molar-refractivity contribution in [2.45, 2.75) is 0 Å². The molecule has 1 amide bonds. The van der Waals surface area contributed by atoms with Crippen LogP contribution in [0.15, 0.2) is 59.3 Å². The van der Waals surface area contributed by atoms with Crippen LogP contribution in [-0.4, -0.2) is 20.7 Å². The van der Waals surface area contributed by atoms with E-state index >= 15 is 0 Å². The summed E-state index contributed by atoms with van der Waals surface area (Å²) >= 11 is 3.36. The number of nitrogens with one attached hydrogen (secondary N) is 1. The Hall–Kier alpha value is -2.67. The molecule has 0 saturated heterocycles. The van der Waals surface area contributed by atoms with Gasteiger partial charge in [0.25, 0.3) is 5.91 Å². The number of anilines is 1. The summed E-state index contributed by atoms with van der Waals surface area (Å²) in [5.41, 5.74) is 0.429. The minimum absolute atomic E-state index is 0.272. The molecule has 2 heterocycles. The second-order valence-corrected chi connectivity index (χ2v) is 5.69. The summed E-state index contributed by atoms with van der Waals surface area (Å²) in [6.45, 7) is 0. The quantitative estimate of drug-likeness (QED) is 0.759. The zero-order valence-electron chi connectivity index (χ0n) is 12.2. The first-order valence-corrected chi connectivity index (χ1v) is 7.60. The molecular weight excluding hydrogens is 360 g/mol. The van der Waals surface area contributed by atoms with Crippen LogP contribution in [0.3, 0.4) is 0 Å². The minimum Gasteiger partial charge on any atom is -0.439 e. The summed E-state index contributed by atoms with van der Waals surface area (Å²) < 4.78 is 8.20. The number of carbonyl (C=O) groups is 1. The highest BCUT2D eigenvalue weighted by Crippen LogP contribution is 2.21. The topological polar surface area (TPSA) is 69.0 Å². The maximum Gasteiger partial charge on any atom is 0.258 e. The van der Waals surface area contributed by atoms with Gasteiger partial charge >= 0.3 is 0 Å². The fourth-order valence-electron chi connectivity index (χ4n) is 1.87. The van der Waals surface area contributed by atoms with Crippen molar-refractivity contribution in [1.82, 2.24) is 14.8 Å². The summed E-state index contributed by atoms with van der Waals surface area (Å²) in [6, 6.07) is 12.4. The van der Waals surface area contributed by atoms with Crippen molar-refractivity contribution in [3.8, 4) is 11.6 Å². The molecule has 0 bridgehead atoms. The van der Waals surface area contributed by atoms with E-state index in [1.807, 2.05) is 24.3 Å². The lowest BCUT2D eigenvalue weighted by Crippen LogP contribution is -2.12. The maximum atomic E-state index is 12.1. The van der Waals surface area contributed by atoms with Gasteiger partial charge in [-0.25, -0.2) is 4.98 Å². The lowest BCUT2D eigenvalue weighted by atomic mass is 10.2. The van der Waals surface area contributed by atoms with Gasteiger partial charge in [-0.15, -0.1) is 0 Å². The smallest absolute Gasteiger partial charge is 0.258 e. The number of benzene rings is 1.